The van der Waals surface area contributed by atoms with Gasteiger partial charge in [0.15, 0.2) is 0 Å². The second kappa shape index (κ2) is 9.04. The Kier molecular flexibility index (Phi) is 6.49. The summed E-state index contributed by atoms with van der Waals surface area (Å²) in [7, 11) is 0. The van der Waals surface area contributed by atoms with Crippen LogP contribution in [-0.2, 0) is 11.2 Å². The van der Waals surface area contributed by atoms with E-state index in [2.05, 4.69) is 5.32 Å². The normalized spacial score (nSPS) is 13.1. The van der Waals surface area contributed by atoms with Gasteiger partial charge in [0.05, 0.1) is 11.4 Å². The van der Waals surface area contributed by atoms with Gasteiger partial charge in [-0.3, -0.25) is 4.79 Å². The number of carbonyl (C=O) groups is 1. The molecule has 0 aliphatic heterocycles. The van der Waals surface area contributed by atoms with E-state index in [4.69, 9.17) is 22.4 Å². The molecular formula is C22H25ClN4O. The summed E-state index contributed by atoms with van der Waals surface area (Å²) in [6.45, 7) is 4.20. The summed E-state index contributed by atoms with van der Waals surface area (Å²) in [6, 6.07) is 17.4. The summed E-state index contributed by atoms with van der Waals surface area (Å²) < 4.78 is 1.87. The third-order valence-corrected chi connectivity index (χ3v) is 5.08. The van der Waals surface area contributed by atoms with E-state index in [9.17, 15) is 4.79 Å². The fourth-order valence-electron chi connectivity index (χ4n) is 2.88. The zero-order valence-electron chi connectivity index (χ0n) is 16.1. The fraction of sp³-hybridized carbons (Fsp3) is 0.273. The molecule has 3 rings (SSSR count). The number of benzene rings is 2. The minimum atomic E-state index is -0.220. The molecule has 2 aromatic carbocycles. The van der Waals surface area contributed by atoms with Gasteiger partial charge in [0.25, 0.3) is 0 Å². The van der Waals surface area contributed by atoms with Crippen molar-refractivity contribution in [2.24, 2.45) is 11.7 Å². The molecule has 1 aromatic heterocycles. The molecule has 5 nitrogen and oxygen atoms in total. The lowest BCUT2D eigenvalue weighted by Gasteiger charge is -2.15. The predicted molar refractivity (Wildman–Crippen MR) is 114 cm³/mol. The van der Waals surface area contributed by atoms with E-state index in [1.54, 1.807) is 0 Å². The molecule has 0 aliphatic carbocycles. The molecule has 0 bridgehead atoms. The van der Waals surface area contributed by atoms with Gasteiger partial charge in [-0.2, -0.15) is 5.10 Å². The van der Waals surface area contributed by atoms with Crippen molar-refractivity contribution in [2.45, 2.75) is 26.3 Å². The van der Waals surface area contributed by atoms with Crippen LogP contribution in [0.15, 0.2) is 60.8 Å². The van der Waals surface area contributed by atoms with Crippen molar-refractivity contribution in [2.75, 3.05) is 6.54 Å². The lowest BCUT2D eigenvalue weighted by atomic mass is 10.0. The zero-order chi connectivity index (χ0) is 20.1. The minimum Gasteiger partial charge on any atom is -0.355 e. The zero-order valence-corrected chi connectivity index (χ0v) is 16.9. The maximum atomic E-state index is 12.2. The monoisotopic (exact) mass is 396 g/mol. The van der Waals surface area contributed by atoms with Gasteiger partial charge >= 0.3 is 0 Å². The van der Waals surface area contributed by atoms with Gasteiger partial charge in [0, 0.05) is 40.9 Å². The van der Waals surface area contributed by atoms with Crippen molar-refractivity contribution < 1.29 is 4.79 Å². The van der Waals surface area contributed by atoms with Crippen LogP contribution in [0.5, 0.6) is 0 Å². The molecule has 0 saturated heterocycles. The van der Waals surface area contributed by atoms with E-state index >= 15 is 0 Å². The van der Waals surface area contributed by atoms with E-state index in [1.165, 1.54) is 0 Å². The van der Waals surface area contributed by atoms with E-state index in [-0.39, 0.29) is 17.9 Å². The van der Waals surface area contributed by atoms with Crippen LogP contribution in [0, 0.1) is 5.92 Å². The third-order valence-electron chi connectivity index (χ3n) is 4.82. The molecule has 146 valence electrons. The van der Waals surface area contributed by atoms with Gasteiger partial charge in [0.2, 0.25) is 5.91 Å². The number of carbonyl (C=O) groups excluding carboxylic acids is 1. The lowest BCUT2D eigenvalue weighted by molar-refractivity contribution is -0.124. The van der Waals surface area contributed by atoms with E-state index in [0.29, 0.717) is 18.0 Å². The first-order chi connectivity index (χ1) is 13.5. The molecule has 1 amide bonds. The maximum Gasteiger partial charge on any atom is 0.224 e. The van der Waals surface area contributed by atoms with E-state index in [0.717, 1.165) is 22.5 Å². The second-order valence-electron chi connectivity index (χ2n) is 6.98. The van der Waals surface area contributed by atoms with Crippen LogP contribution in [0.2, 0.25) is 5.02 Å². The molecule has 0 radical (unpaired) electrons. The Hall–Kier alpha value is -2.63. The number of aromatic nitrogens is 2. The molecule has 2 unspecified atom stereocenters. The van der Waals surface area contributed by atoms with Crippen LogP contribution < -0.4 is 11.1 Å². The van der Waals surface area contributed by atoms with Crippen molar-refractivity contribution >= 4 is 17.5 Å². The number of amides is 1. The van der Waals surface area contributed by atoms with Gasteiger partial charge in [-0.25, -0.2) is 4.68 Å². The topological polar surface area (TPSA) is 72.9 Å². The highest BCUT2D eigenvalue weighted by Crippen LogP contribution is 2.25. The van der Waals surface area contributed by atoms with Crippen molar-refractivity contribution in [3.63, 3.8) is 0 Å². The largest absolute Gasteiger partial charge is 0.355 e. The summed E-state index contributed by atoms with van der Waals surface area (Å²) in [6.07, 6.45) is 2.68. The van der Waals surface area contributed by atoms with Gasteiger partial charge in [-0.05, 0) is 37.6 Å². The van der Waals surface area contributed by atoms with Crippen LogP contribution in [0.25, 0.3) is 16.9 Å². The Morgan fingerprint density at radius 2 is 1.82 bits per heavy atom. The van der Waals surface area contributed by atoms with Gasteiger partial charge in [0.1, 0.15) is 0 Å². The van der Waals surface area contributed by atoms with E-state index in [1.807, 2.05) is 79.3 Å². The van der Waals surface area contributed by atoms with Crippen LogP contribution in [0.3, 0.4) is 0 Å². The number of hydrogen-bond acceptors (Lipinski definition) is 3. The number of hydrogen-bond donors (Lipinski definition) is 2. The summed E-state index contributed by atoms with van der Waals surface area (Å²) in [5, 5.41) is 8.44. The van der Waals surface area contributed by atoms with Crippen LogP contribution in [0.1, 0.15) is 19.4 Å². The van der Waals surface area contributed by atoms with Crippen molar-refractivity contribution in [3.05, 3.63) is 71.4 Å². The Morgan fingerprint density at radius 3 is 2.46 bits per heavy atom. The average molecular weight is 397 g/mol. The molecule has 0 saturated carbocycles. The Bertz CT molecular complexity index is 919. The second-order valence-corrected chi connectivity index (χ2v) is 7.42. The third kappa shape index (κ3) is 4.80. The number of nitrogens with two attached hydrogens (primary N) is 1. The Morgan fingerprint density at radius 1 is 1.14 bits per heavy atom. The first-order valence-corrected chi connectivity index (χ1v) is 9.76. The van der Waals surface area contributed by atoms with Crippen LogP contribution in [0.4, 0.5) is 0 Å². The van der Waals surface area contributed by atoms with Crippen molar-refractivity contribution in [1.82, 2.24) is 15.1 Å². The van der Waals surface area contributed by atoms with Gasteiger partial charge < -0.3 is 11.1 Å². The number of rotatable bonds is 7. The summed E-state index contributed by atoms with van der Waals surface area (Å²) in [5.41, 5.74) is 9.73. The first-order valence-electron chi connectivity index (χ1n) is 9.39. The minimum absolute atomic E-state index is 0.0292. The molecule has 28 heavy (non-hydrogen) atoms. The van der Waals surface area contributed by atoms with Crippen molar-refractivity contribution in [1.29, 1.82) is 0 Å². The summed E-state index contributed by atoms with van der Waals surface area (Å²) >= 11 is 6.03. The summed E-state index contributed by atoms with van der Waals surface area (Å²) in [5.74, 6) is -0.249. The molecule has 0 aliphatic rings. The molecule has 3 N–H and O–H groups in total. The lowest BCUT2D eigenvalue weighted by Crippen LogP contribution is -2.39. The molecule has 3 aromatic rings. The predicted octanol–water partition coefficient (Wildman–Crippen LogP) is 3.83. The van der Waals surface area contributed by atoms with Crippen LogP contribution >= 0.6 is 11.6 Å². The Labute approximate surface area is 170 Å². The number of nitrogens with one attached hydrogen (secondary N) is 1. The number of halogens is 1. The quantitative estimate of drug-likeness (QED) is 0.637. The molecular weight excluding hydrogens is 372 g/mol. The maximum absolute atomic E-state index is 12.2. The average Bonchev–Trinajstić information content (AvgIpc) is 3.12. The van der Waals surface area contributed by atoms with Gasteiger partial charge in [-0.15, -0.1) is 0 Å². The fourth-order valence-corrected chi connectivity index (χ4v) is 3.00. The summed E-state index contributed by atoms with van der Waals surface area (Å²) in [4.78, 5) is 12.2. The molecule has 6 heteroatoms. The smallest absolute Gasteiger partial charge is 0.224 e. The molecule has 1 heterocycles. The number of para-hydroxylation sites is 1. The first kappa shape index (κ1) is 20.1. The van der Waals surface area contributed by atoms with Gasteiger partial charge in [-0.1, -0.05) is 48.9 Å². The van der Waals surface area contributed by atoms with Crippen LogP contribution in [-0.4, -0.2) is 28.3 Å². The highest BCUT2D eigenvalue weighted by molar-refractivity contribution is 6.30. The highest BCUT2D eigenvalue weighted by Gasteiger charge is 2.17. The van der Waals surface area contributed by atoms with E-state index < -0.39 is 0 Å². The molecule has 0 spiro atoms. The Balaban J connectivity index is 1.83. The highest BCUT2D eigenvalue weighted by atomic mass is 35.5. The standard InChI is InChI=1S/C22H25ClN4O/c1-15(16(2)24)22(28)25-13-12-18-14-27(20-6-4-3-5-7-20)26-21(18)17-8-10-19(23)11-9-17/h3-11,14-16H,12-13,24H2,1-2H3,(H,25,28). The SMILES string of the molecule is CC(N)C(C)C(=O)NCCc1cn(-c2ccccc2)nc1-c1ccc(Cl)cc1. The van der Waals surface area contributed by atoms with Crippen molar-refractivity contribution in [3.8, 4) is 16.9 Å². The number of nitrogens with zero attached hydrogens (tertiary/aromatic N) is 2. The molecule has 0 fully saturated rings. The molecule has 2 atom stereocenters.